The maximum atomic E-state index is 5.38. The average molecular weight is 352 g/mol. The van der Waals surface area contributed by atoms with Crippen molar-refractivity contribution in [3.63, 3.8) is 0 Å². The first-order chi connectivity index (χ1) is 12.1. The van der Waals surface area contributed by atoms with E-state index in [0.717, 1.165) is 31.0 Å². The lowest BCUT2D eigenvalue weighted by Gasteiger charge is -2.11. The third-order valence-electron chi connectivity index (χ3n) is 4.48. The van der Waals surface area contributed by atoms with Gasteiger partial charge in [0, 0.05) is 29.7 Å². The summed E-state index contributed by atoms with van der Waals surface area (Å²) >= 11 is 5.38. The van der Waals surface area contributed by atoms with Crippen molar-refractivity contribution >= 4 is 28.2 Å². The molecule has 0 unspecified atom stereocenters. The Morgan fingerprint density at radius 1 is 0.960 bits per heavy atom. The van der Waals surface area contributed by atoms with E-state index < -0.39 is 0 Å². The lowest BCUT2D eigenvalue weighted by molar-refractivity contribution is 0.802. The molecule has 3 nitrogen and oxygen atoms in total. The molecule has 0 aliphatic carbocycles. The minimum Gasteiger partial charge on any atom is -0.362 e. The van der Waals surface area contributed by atoms with Crippen molar-refractivity contribution in [3.8, 4) is 0 Å². The fourth-order valence-corrected chi connectivity index (χ4v) is 3.35. The minimum atomic E-state index is 0.726. The predicted octanol–water partition coefficient (Wildman–Crippen LogP) is 4.03. The summed E-state index contributed by atoms with van der Waals surface area (Å²) in [7, 11) is 0. The van der Waals surface area contributed by atoms with Gasteiger partial charge in [-0.3, -0.25) is 0 Å². The summed E-state index contributed by atoms with van der Waals surface area (Å²) in [4.78, 5) is 3.47. The van der Waals surface area contributed by atoms with E-state index >= 15 is 0 Å². The molecule has 0 aliphatic rings. The van der Waals surface area contributed by atoms with Crippen LogP contribution < -0.4 is 10.6 Å². The summed E-state index contributed by atoms with van der Waals surface area (Å²) in [5.74, 6) is 0. The molecule has 25 heavy (non-hydrogen) atoms. The number of rotatable bonds is 6. The standard InChI is InChI=1S/C21H25N3S/c1-15-8-9-20-19(14-15)18(16(2)24-20)11-13-23-21(25)22-12-10-17-6-4-3-5-7-17/h3-9,14,24H,10-13H2,1-2H3,(H2,22,23,25). The van der Waals surface area contributed by atoms with Gasteiger partial charge in [0.05, 0.1) is 0 Å². The molecule has 0 saturated heterocycles. The molecule has 0 saturated carbocycles. The number of H-pyrrole nitrogens is 1. The molecule has 1 heterocycles. The van der Waals surface area contributed by atoms with Gasteiger partial charge < -0.3 is 15.6 Å². The summed E-state index contributed by atoms with van der Waals surface area (Å²) < 4.78 is 0. The summed E-state index contributed by atoms with van der Waals surface area (Å²) in [6, 6.07) is 17.0. The zero-order chi connectivity index (χ0) is 17.6. The number of aromatic nitrogens is 1. The Balaban J connectivity index is 1.47. The monoisotopic (exact) mass is 351 g/mol. The fraction of sp³-hybridized carbons (Fsp3) is 0.286. The van der Waals surface area contributed by atoms with Crippen LogP contribution in [0.25, 0.3) is 10.9 Å². The minimum absolute atomic E-state index is 0.726. The van der Waals surface area contributed by atoms with Gasteiger partial charge in [-0.2, -0.15) is 0 Å². The highest BCUT2D eigenvalue weighted by atomic mass is 32.1. The van der Waals surface area contributed by atoms with E-state index in [1.54, 1.807) is 0 Å². The van der Waals surface area contributed by atoms with E-state index in [0.29, 0.717) is 0 Å². The Labute approximate surface area is 154 Å². The van der Waals surface area contributed by atoms with Gasteiger partial charge in [-0.1, -0.05) is 42.0 Å². The SMILES string of the molecule is Cc1ccc2[nH]c(C)c(CCNC(=S)NCCc3ccccc3)c2c1. The normalized spacial score (nSPS) is 10.8. The van der Waals surface area contributed by atoms with E-state index in [1.807, 2.05) is 6.07 Å². The summed E-state index contributed by atoms with van der Waals surface area (Å²) in [5, 5.41) is 8.65. The molecule has 0 aliphatic heterocycles. The Morgan fingerprint density at radius 2 is 1.68 bits per heavy atom. The van der Waals surface area contributed by atoms with Crippen LogP contribution in [0.4, 0.5) is 0 Å². The Kier molecular flexibility index (Phi) is 5.71. The van der Waals surface area contributed by atoms with Gasteiger partial charge >= 0.3 is 0 Å². The van der Waals surface area contributed by atoms with Crippen molar-refractivity contribution in [2.75, 3.05) is 13.1 Å². The summed E-state index contributed by atoms with van der Waals surface area (Å²) in [6.07, 6.45) is 1.93. The molecule has 3 rings (SSSR count). The largest absolute Gasteiger partial charge is 0.362 e. The van der Waals surface area contributed by atoms with E-state index in [1.165, 1.54) is 33.3 Å². The van der Waals surface area contributed by atoms with Crippen LogP contribution in [0.1, 0.15) is 22.4 Å². The maximum Gasteiger partial charge on any atom is 0.166 e. The summed E-state index contributed by atoms with van der Waals surface area (Å²) in [5.41, 5.74) is 6.44. The Hall–Kier alpha value is -2.33. The number of nitrogens with one attached hydrogen (secondary N) is 3. The van der Waals surface area contributed by atoms with E-state index in [9.17, 15) is 0 Å². The molecular weight excluding hydrogens is 326 g/mol. The number of benzene rings is 2. The predicted molar refractivity (Wildman–Crippen MR) is 110 cm³/mol. The van der Waals surface area contributed by atoms with Gasteiger partial charge in [0.2, 0.25) is 0 Å². The number of aryl methyl sites for hydroxylation is 2. The number of thiocarbonyl (C=S) groups is 1. The van der Waals surface area contributed by atoms with E-state index in [-0.39, 0.29) is 0 Å². The molecule has 0 fully saturated rings. The second kappa shape index (κ2) is 8.17. The van der Waals surface area contributed by atoms with Gasteiger partial charge in [-0.25, -0.2) is 0 Å². The molecular formula is C21H25N3S. The Bertz CT molecular complexity index is 852. The number of hydrogen-bond donors (Lipinski definition) is 3. The maximum absolute atomic E-state index is 5.38. The van der Waals surface area contributed by atoms with Crippen molar-refractivity contribution in [2.45, 2.75) is 26.7 Å². The van der Waals surface area contributed by atoms with Crippen LogP contribution in [-0.4, -0.2) is 23.2 Å². The van der Waals surface area contributed by atoms with E-state index in [4.69, 9.17) is 12.2 Å². The molecule has 0 atom stereocenters. The zero-order valence-corrected chi connectivity index (χ0v) is 15.7. The summed E-state index contributed by atoms with van der Waals surface area (Å²) in [6.45, 7) is 5.96. The van der Waals surface area contributed by atoms with Crippen molar-refractivity contribution in [2.24, 2.45) is 0 Å². The Morgan fingerprint density at radius 3 is 2.44 bits per heavy atom. The molecule has 3 N–H and O–H groups in total. The zero-order valence-electron chi connectivity index (χ0n) is 14.9. The highest BCUT2D eigenvalue weighted by Crippen LogP contribution is 2.23. The van der Waals surface area contributed by atoms with Crippen molar-refractivity contribution in [1.82, 2.24) is 15.6 Å². The molecule has 0 radical (unpaired) electrons. The third kappa shape index (κ3) is 4.60. The molecule has 0 amide bonds. The highest BCUT2D eigenvalue weighted by Gasteiger charge is 2.08. The van der Waals surface area contributed by atoms with Crippen LogP contribution in [0.2, 0.25) is 0 Å². The van der Waals surface area contributed by atoms with Crippen LogP contribution in [0, 0.1) is 13.8 Å². The number of aromatic amines is 1. The fourth-order valence-electron chi connectivity index (χ4n) is 3.15. The van der Waals surface area contributed by atoms with Gasteiger partial charge in [0.15, 0.2) is 5.11 Å². The molecule has 130 valence electrons. The van der Waals surface area contributed by atoms with Crippen LogP contribution in [0.3, 0.4) is 0 Å². The van der Waals surface area contributed by atoms with Crippen molar-refractivity contribution < 1.29 is 0 Å². The number of hydrogen-bond acceptors (Lipinski definition) is 1. The average Bonchev–Trinajstić information content (AvgIpc) is 2.91. The molecule has 3 aromatic rings. The molecule has 1 aromatic heterocycles. The van der Waals surface area contributed by atoms with Crippen molar-refractivity contribution in [1.29, 1.82) is 0 Å². The number of fused-ring (bicyclic) bond motifs is 1. The molecule has 0 bridgehead atoms. The lowest BCUT2D eigenvalue weighted by atomic mass is 10.1. The first-order valence-electron chi connectivity index (χ1n) is 8.77. The third-order valence-corrected chi connectivity index (χ3v) is 4.77. The first kappa shape index (κ1) is 17.5. The van der Waals surface area contributed by atoms with Gasteiger partial charge in [0.25, 0.3) is 0 Å². The van der Waals surface area contributed by atoms with Gasteiger partial charge in [-0.05, 0) is 62.2 Å². The molecule has 4 heteroatoms. The van der Waals surface area contributed by atoms with Crippen LogP contribution in [0.15, 0.2) is 48.5 Å². The van der Waals surface area contributed by atoms with Gasteiger partial charge in [-0.15, -0.1) is 0 Å². The quantitative estimate of drug-likeness (QED) is 0.587. The topological polar surface area (TPSA) is 39.9 Å². The second-order valence-electron chi connectivity index (χ2n) is 6.45. The lowest BCUT2D eigenvalue weighted by Crippen LogP contribution is -2.37. The highest BCUT2D eigenvalue weighted by molar-refractivity contribution is 7.80. The van der Waals surface area contributed by atoms with Crippen molar-refractivity contribution in [3.05, 3.63) is 70.9 Å². The van der Waals surface area contributed by atoms with Crippen LogP contribution >= 0.6 is 12.2 Å². The van der Waals surface area contributed by atoms with Gasteiger partial charge in [0.1, 0.15) is 0 Å². The smallest absolute Gasteiger partial charge is 0.166 e. The van der Waals surface area contributed by atoms with Crippen LogP contribution in [0.5, 0.6) is 0 Å². The first-order valence-corrected chi connectivity index (χ1v) is 9.18. The molecule has 2 aromatic carbocycles. The van der Waals surface area contributed by atoms with Crippen LogP contribution in [-0.2, 0) is 12.8 Å². The second-order valence-corrected chi connectivity index (χ2v) is 6.85. The molecule has 0 spiro atoms. The van der Waals surface area contributed by atoms with E-state index in [2.05, 4.69) is 71.9 Å².